The number of hydrazone groups is 1. The van der Waals surface area contributed by atoms with Gasteiger partial charge in [-0.15, -0.1) is 0 Å². The van der Waals surface area contributed by atoms with Crippen molar-refractivity contribution in [2.24, 2.45) is 5.10 Å². The molecule has 0 saturated heterocycles. The third-order valence-corrected chi connectivity index (χ3v) is 6.14. The van der Waals surface area contributed by atoms with E-state index in [1.165, 1.54) is 5.39 Å². The Kier molecular flexibility index (Phi) is 9.16. The largest absolute Gasteiger partial charge is 0.494 e. The number of hydrogen-bond acceptors (Lipinski definition) is 5. The Balaban J connectivity index is 1.44. The Morgan fingerprint density at radius 1 is 0.946 bits per heavy atom. The zero-order valence-electron chi connectivity index (χ0n) is 20.9. The lowest BCUT2D eigenvalue weighted by Gasteiger charge is -2.15. The summed E-state index contributed by atoms with van der Waals surface area (Å²) in [5.74, 6) is 1.63. The fraction of sp³-hybridized carbons (Fsp3) is 0.200. The summed E-state index contributed by atoms with van der Waals surface area (Å²) in [7, 11) is 0. The second-order valence-electron chi connectivity index (χ2n) is 8.26. The summed E-state index contributed by atoms with van der Waals surface area (Å²) >= 11 is 3.61. The summed E-state index contributed by atoms with van der Waals surface area (Å²) in [6.07, 6.45) is 2.49. The number of carbonyl (C=O) groups excluding carboxylic acids is 1. The molecular weight excluding hydrogens is 532 g/mol. The predicted octanol–water partition coefficient (Wildman–Crippen LogP) is 7.13. The van der Waals surface area contributed by atoms with Crippen LogP contribution in [0.4, 0.5) is 0 Å². The van der Waals surface area contributed by atoms with Gasteiger partial charge in [0.25, 0.3) is 5.91 Å². The van der Waals surface area contributed by atoms with Crippen molar-refractivity contribution in [2.45, 2.75) is 26.9 Å². The number of carbonyl (C=O) groups is 1. The lowest BCUT2D eigenvalue weighted by Crippen LogP contribution is -2.17. The molecule has 37 heavy (non-hydrogen) atoms. The van der Waals surface area contributed by atoms with E-state index in [1.807, 2.05) is 44.2 Å². The van der Waals surface area contributed by atoms with Crippen LogP contribution < -0.4 is 19.6 Å². The summed E-state index contributed by atoms with van der Waals surface area (Å²) < 4.78 is 18.3. The molecule has 0 heterocycles. The van der Waals surface area contributed by atoms with E-state index in [9.17, 15) is 4.79 Å². The van der Waals surface area contributed by atoms with Gasteiger partial charge in [-0.2, -0.15) is 5.10 Å². The molecule has 1 N–H and O–H groups in total. The van der Waals surface area contributed by atoms with Crippen molar-refractivity contribution in [2.75, 3.05) is 13.2 Å². The Hall–Kier alpha value is -3.84. The standard InChI is InChI=1S/C30H29BrN2O4/c1-3-16-36-25-14-12-23(13-15-25)30(34)33-32-19-21-17-27(31)29(28(18-21)35-4-2)37-20-24-10-7-9-22-8-5-6-11-26(22)24/h5-15,17-19H,3-4,16,20H2,1-2H3,(H,33,34)/b32-19+. The van der Waals surface area contributed by atoms with Gasteiger partial charge in [-0.1, -0.05) is 49.4 Å². The van der Waals surface area contributed by atoms with Crippen molar-refractivity contribution in [3.05, 3.63) is 100 Å². The van der Waals surface area contributed by atoms with Gasteiger partial charge in [-0.25, -0.2) is 5.43 Å². The van der Waals surface area contributed by atoms with Crippen molar-refractivity contribution in [3.8, 4) is 17.2 Å². The van der Waals surface area contributed by atoms with Gasteiger partial charge in [-0.05, 0) is 87.6 Å². The number of halogens is 1. The molecule has 4 aromatic rings. The minimum absolute atomic E-state index is 0.308. The maximum absolute atomic E-state index is 12.4. The highest BCUT2D eigenvalue weighted by atomic mass is 79.9. The molecule has 0 atom stereocenters. The highest BCUT2D eigenvalue weighted by Crippen LogP contribution is 2.37. The number of hydrogen-bond donors (Lipinski definition) is 1. The molecule has 0 aliphatic rings. The first-order valence-electron chi connectivity index (χ1n) is 12.2. The summed E-state index contributed by atoms with van der Waals surface area (Å²) in [6, 6.07) is 25.1. The van der Waals surface area contributed by atoms with Crippen LogP contribution in [-0.4, -0.2) is 25.3 Å². The lowest BCUT2D eigenvalue weighted by molar-refractivity contribution is 0.0955. The van der Waals surface area contributed by atoms with Crippen molar-refractivity contribution in [1.29, 1.82) is 0 Å². The molecule has 0 spiro atoms. The van der Waals surface area contributed by atoms with E-state index in [0.29, 0.717) is 36.9 Å². The first-order chi connectivity index (χ1) is 18.1. The zero-order chi connectivity index (χ0) is 26.0. The predicted molar refractivity (Wildman–Crippen MR) is 151 cm³/mol. The van der Waals surface area contributed by atoms with Gasteiger partial charge >= 0.3 is 0 Å². The van der Waals surface area contributed by atoms with Gasteiger partial charge in [-0.3, -0.25) is 4.79 Å². The Labute approximate surface area is 225 Å². The average molecular weight is 561 g/mol. The average Bonchev–Trinajstić information content (AvgIpc) is 2.92. The number of rotatable bonds is 11. The second kappa shape index (κ2) is 12.9. The Morgan fingerprint density at radius 3 is 2.51 bits per heavy atom. The molecule has 0 aromatic heterocycles. The summed E-state index contributed by atoms with van der Waals surface area (Å²) in [5, 5.41) is 6.44. The van der Waals surface area contributed by atoms with Crippen LogP contribution in [0.2, 0.25) is 0 Å². The van der Waals surface area contributed by atoms with Crippen LogP contribution in [0.3, 0.4) is 0 Å². The van der Waals surface area contributed by atoms with Crippen LogP contribution >= 0.6 is 15.9 Å². The van der Waals surface area contributed by atoms with Gasteiger partial charge in [0, 0.05) is 5.56 Å². The molecule has 0 aliphatic heterocycles. The summed E-state index contributed by atoms with van der Waals surface area (Å²) in [5.41, 5.74) is 4.89. The fourth-order valence-electron chi connectivity index (χ4n) is 3.79. The lowest BCUT2D eigenvalue weighted by atomic mass is 10.1. The van der Waals surface area contributed by atoms with Crippen LogP contribution in [0.25, 0.3) is 10.8 Å². The maximum atomic E-state index is 12.4. The number of amides is 1. The quantitative estimate of drug-likeness (QED) is 0.156. The van der Waals surface area contributed by atoms with Gasteiger partial charge in [0.15, 0.2) is 11.5 Å². The molecule has 0 fully saturated rings. The molecule has 0 unspecified atom stereocenters. The summed E-state index contributed by atoms with van der Waals surface area (Å²) in [4.78, 5) is 12.4. The topological polar surface area (TPSA) is 69.2 Å². The Bertz CT molecular complexity index is 1380. The van der Waals surface area contributed by atoms with E-state index in [4.69, 9.17) is 14.2 Å². The number of benzene rings is 4. The van der Waals surface area contributed by atoms with Crippen LogP contribution in [0.5, 0.6) is 17.2 Å². The van der Waals surface area contributed by atoms with Gasteiger partial charge in [0.05, 0.1) is 23.9 Å². The van der Waals surface area contributed by atoms with E-state index in [-0.39, 0.29) is 5.91 Å². The molecule has 4 rings (SSSR count). The molecule has 0 aliphatic carbocycles. The molecule has 1 amide bonds. The molecule has 0 radical (unpaired) electrons. The highest BCUT2D eigenvalue weighted by Gasteiger charge is 2.13. The summed E-state index contributed by atoms with van der Waals surface area (Å²) in [6.45, 7) is 5.48. The zero-order valence-corrected chi connectivity index (χ0v) is 22.5. The molecular formula is C30H29BrN2O4. The van der Waals surface area contributed by atoms with E-state index >= 15 is 0 Å². The van der Waals surface area contributed by atoms with Crippen molar-refractivity contribution in [3.63, 3.8) is 0 Å². The normalized spacial score (nSPS) is 11.0. The molecule has 0 bridgehead atoms. The van der Waals surface area contributed by atoms with Gasteiger partial charge < -0.3 is 14.2 Å². The smallest absolute Gasteiger partial charge is 0.271 e. The van der Waals surface area contributed by atoms with E-state index in [1.54, 1.807) is 30.5 Å². The molecule has 7 heteroatoms. The minimum atomic E-state index is -0.308. The van der Waals surface area contributed by atoms with Crippen LogP contribution in [0.15, 0.2) is 88.4 Å². The van der Waals surface area contributed by atoms with Crippen molar-refractivity contribution < 1.29 is 19.0 Å². The second-order valence-corrected chi connectivity index (χ2v) is 9.12. The van der Waals surface area contributed by atoms with E-state index < -0.39 is 0 Å². The number of ether oxygens (including phenoxy) is 3. The Morgan fingerprint density at radius 2 is 1.73 bits per heavy atom. The fourth-order valence-corrected chi connectivity index (χ4v) is 4.36. The molecule has 4 aromatic carbocycles. The van der Waals surface area contributed by atoms with Crippen LogP contribution in [0.1, 0.15) is 41.8 Å². The SMILES string of the molecule is CCCOc1ccc(C(=O)N/N=C/c2cc(Br)c(OCc3cccc4ccccc34)c(OCC)c2)cc1. The number of nitrogens with one attached hydrogen (secondary N) is 1. The first kappa shape index (κ1) is 26.2. The van der Waals surface area contributed by atoms with Gasteiger partial charge in [0.2, 0.25) is 0 Å². The third kappa shape index (κ3) is 6.89. The van der Waals surface area contributed by atoms with E-state index in [2.05, 4.69) is 50.7 Å². The monoisotopic (exact) mass is 560 g/mol. The third-order valence-electron chi connectivity index (χ3n) is 5.55. The van der Waals surface area contributed by atoms with Crippen LogP contribution in [-0.2, 0) is 6.61 Å². The number of fused-ring (bicyclic) bond motifs is 1. The van der Waals surface area contributed by atoms with E-state index in [0.717, 1.165) is 33.2 Å². The number of nitrogens with zero attached hydrogens (tertiary/aromatic N) is 1. The van der Waals surface area contributed by atoms with Crippen LogP contribution in [0, 0.1) is 0 Å². The molecule has 190 valence electrons. The van der Waals surface area contributed by atoms with Crippen molar-refractivity contribution >= 4 is 38.8 Å². The molecule has 6 nitrogen and oxygen atoms in total. The van der Waals surface area contributed by atoms with Gasteiger partial charge in [0.1, 0.15) is 12.4 Å². The maximum Gasteiger partial charge on any atom is 0.271 e. The minimum Gasteiger partial charge on any atom is -0.494 e. The highest BCUT2D eigenvalue weighted by molar-refractivity contribution is 9.10. The first-order valence-corrected chi connectivity index (χ1v) is 13.0. The van der Waals surface area contributed by atoms with Crippen molar-refractivity contribution in [1.82, 2.24) is 5.43 Å². The molecule has 0 saturated carbocycles.